The van der Waals surface area contributed by atoms with Gasteiger partial charge in [-0.3, -0.25) is 9.59 Å². The van der Waals surface area contributed by atoms with E-state index in [1.165, 1.54) is 12.1 Å². The predicted molar refractivity (Wildman–Crippen MR) is 106 cm³/mol. The summed E-state index contributed by atoms with van der Waals surface area (Å²) in [5, 5.41) is 2.66. The minimum absolute atomic E-state index is 0.00382. The van der Waals surface area contributed by atoms with E-state index in [1.54, 1.807) is 19.1 Å². The van der Waals surface area contributed by atoms with Gasteiger partial charge >= 0.3 is 0 Å². The molecule has 1 fully saturated rings. The topological polar surface area (TPSA) is 67.9 Å². The number of likely N-dealkylation sites (tertiary alicyclic amines) is 1. The van der Waals surface area contributed by atoms with Gasteiger partial charge in [-0.1, -0.05) is 6.07 Å². The number of carbonyl (C=O) groups is 2. The number of nitrogens with zero attached hydrogens (tertiary/aromatic N) is 1. The average Bonchev–Trinajstić information content (AvgIpc) is 3.10. The summed E-state index contributed by atoms with van der Waals surface area (Å²) in [6.45, 7) is 0.798. The monoisotopic (exact) mass is 418 g/mol. The average molecular weight is 418 g/mol. The van der Waals surface area contributed by atoms with E-state index in [0.717, 1.165) is 11.6 Å². The maximum absolute atomic E-state index is 13.3. The van der Waals surface area contributed by atoms with Gasteiger partial charge in [-0.15, -0.1) is 0 Å². The van der Waals surface area contributed by atoms with Crippen LogP contribution in [0.5, 0.6) is 11.5 Å². The van der Waals surface area contributed by atoms with Crippen molar-refractivity contribution in [2.75, 3.05) is 27.3 Å². The van der Waals surface area contributed by atoms with Gasteiger partial charge in [0.05, 0.1) is 20.1 Å². The van der Waals surface area contributed by atoms with Crippen molar-refractivity contribution in [3.05, 3.63) is 59.2 Å². The van der Waals surface area contributed by atoms with Gasteiger partial charge in [-0.25, -0.2) is 8.78 Å². The second kappa shape index (κ2) is 9.56. The Kier molecular flexibility index (Phi) is 6.87. The van der Waals surface area contributed by atoms with E-state index >= 15 is 0 Å². The van der Waals surface area contributed by atoms with E-state index < -0.39 is 17.6 Å². The van der Waals surface area contributed by atoms with Gasteiger partial charge in [0.15, 0.2) is 11.5 Å². The summed E-state index contributed by atoms with van der Waals surface area (Å²) in [6, 6.07) is 8.69. The Morgan fingerprint density at radius 1 is 1.07 bits per heavy atom. The van der Waals surface area contributed by atoms with Crippen LogP contribution in [0, 0.1) is 17.6 Å². The fourth-order valence-electron chi connectivity index (χ4n) is 3.51. The molecule has 0 radical (unpaired) electrons. The summed E-state index contributed by atoms with van der Waals surface area (Å²) >= 11 is 0. The van der Waals surface area contributed by atoms with E-state index in [1.807, 2.05) is 18.2 Å². The van der Waals surface area contributed by atoms with E-state index in [4.69, 9.17) is 9.47 Å². The predicted octanol–water partition coefficient (Wildman–Crippen LogP) is 2.69. The zero-order chi connectivity index (χ0) is 21.7. The van der Waals surface area contributed by atoms with Crippen molar-refractivity contribution < 1.29 is 27.8 Å². The third-order valence-electron chi connectivity index (χ3n) is 5.09. The summed E-state index contributed by atoms with van der Waals surface area (Å²) < 4.78 is 37.0. The molecule has 0 aliphatic carbocycles. The van der Waals surface area contributed by atoms with Crippen molar-refractivity contribution in [2.45, 2.75) is 19.4 Å². The molecule has 160 valence electrons. The standard InChI is InChI=1S/C22H24F2N2O4/c1-29-19-4-3-14(9-20(19)30-2)5-6-26-13-16(10-21(26)27)22(28)25-12-15-7-17(23)11-18(24)8-15/h3-4,7-9,11,16H,5-6,10,12-13H2,1-2H3,(H,25,28). The zero-order valence-electron chi connectivity index (χ0n) is 16.9. The number of halogens is 2. The molecule has 1 N–H and O–H groups in total. The summed E-state index contributed by atoms with van der Waals surface area (Å²) in [7, 11) is 3.13. The number of hydrogen-bond donors (Lipinski definition) is 1. The highest BCUT2D eigenvalue weighted by molar-refractivity contribution is 5.89. The molecule has 0 saturated carbocycles. The SMILES string of the molecule is COc1ccc(CCN2CC(C(=O)NCc3cc(F)cc(F)c3)CC2=O)cc1OC. The minimum Gasteiger partial charge on any atom is -0.493 e. The number of hydrogen-bond acceptors (Lipinski definition) is 4. The third kappa shape index (κ3) is 5.25. The molecule has 3 rings (SSSR count). The van der Waals surface area contributed by atoms with Crippen molar-refractivity contribution in [3.63, 3.8) is 0 Å². The largest absolute Gasteiger partial charge is 0.493 e. The van der Waals surface area contributed by atoms with Crippen LogP contribution >= 0.6 is 0 Å². The first kappa shape index (κ1) is 21.5. The Hall–Kier alpha value is -3.16. The quantitative estimate of drug-likeness (QED) is 0.716. The number of nitrogens with one attached hydrogen (secondary N) is 1. The summed E-state index contributed by atoms with van der Waals surface area (Å²) in [6.07, 6.45) is 0.734. The first-order chi connectivity index (χ1) is 14.4. The zero-order valence-corrected chi connectivity index (χ0v) is 16.9. The smallest absolute Gasteiger partial charge is 0.225 e. The lowest BCUT2D eigenvalue weighted by Gasteiger charge is -2.17. The van der Waals surface area contributed by atoms with Crippen LogP contribution in [-0.2, 0) is 22.6 Å². The molecule has 0 spiro atoms. The van der Waals surface area contributed by atoms with Crippen molar-refractivity contribution >= 4 is 11.8 Å². The Morgan fingerprint density at radius 2 is 1.77 bits per heavy atom. The summed E-state index contributed by atoms with van der Waals surface area (Å²) in [5.41, 5.74) is 1.32. The van der Waals surface area contributed by atoms with Crippen LogP contribution in [0.1, 0.15) is 17.5 Å². The highest BCUT2D eigenvalue weighted by Gasteiger charge is 2.33. The van der Waals surface area contributed by atoms with E-state index in [2.05, 4.69) is 5.32 Å². The van der Waals surface area contributed by atoms with Crippen molar-refractivity contribution in [1.29, 1.82) is 0 Å². The number of methoxy groups -OCH3 is 2. The number of rotatable bonds is 8. The molecular weight excluding hydrogens is 394 g/mol. The molecule has 1 aliphatic rings. The van der Waals surface area contributed by atoms with E-state index in [-0.39, 0.29) is 24.8 Å². The number of ether oxygens (including phenoxy) is 2. The van der Waals surface area contributed by atoms with Crippen LogP contribution in [0.4, 0.5) is 8.78 Å². The molecule has 30 heavy (non-hydrogen) atoms. The second-order valence-corrected chi connectivity index (χ2v) is 7.18. The molecule has 1 heterocycles. The van der Waals surface area contributed by atoms with Crippen LogP contribution in [0.3, 0.4) is 0 Å². The maximum Gasteiger partial charge on any atom is 0.225 e. The van der Waals surface area contributed by atoms with Crippen LogP contribution in [0.25, 0.3) is 0 Å². The third-order valence-corrected chi connectivity index (χ3v) is 5.09. The molecule has 0 aromatic heterocycles. The van der Waals surface area contributed by atoms with Gasteiger partial charge in [-0.05, 0) is 41.8 Å². The van der Waals surface area contributed by atoms with Crippen molar-refractivity contribution in [3.8, 4) is 11.5 Å². The lowest BCUT2D eigenvalue weighted by molar-refractivity contribution is -0.129. The van der Waals surface area contributed by atoms with Crippen LogP contribution in [0.15, 0.2) is 36.4 Å². The van der Waals surface area contributed by atoms with Gasteiger partial charge in [0.1, 0.15) is 11.6 Å². The first-order valence-electron chi connectivity index (χ1n) is 9.61. The molecular formula is C22H24F2N2O4. The Balaban J connectivity index is 1.52. The molecule has 2 aromatic rings. The van der Waals surface area contributed by atoms with Gasteiger partial charge in [0.2, 0.25) is 11.8 Å². The first-order valence-corrected chi connectivity index (χ1v) is 9.61. The number of amides is 2. The van der Waals surface area contributed by atoms with Crippen LogP contribution < -0.4 is 14.8 Å². The Morgan fingerprint density at radius 3 is 2.43 bits per heavy atom. The van der Waals surface area contributed by atoms with Gasteiger partial charge < -0.3 is 19.7 Å². The van der Waals surface area contributed by atoms with E-state index in [0.29, 0.717) is 36.6 Å². The molecule has 1 aliphatic heterocycles. The van der Waals surface area contributed by atoms with Crippen LogP contribution in [0.2, 0.25) is 0 Å². The number of carbonyl (C=O) groups excluding carboxylic acids is 2. The molecule has 0 bridgehead atoms. The Bertz CT molecular complexity index is 915. The lowest BCUT2D eigenvalue weighted by atomic mass is 10.1. The summed E-state index contributed by atoms with van der Waals surface area (Å²) in [5.74, 6) is -1.02. The lowest BCUT2D eigenvalue weighted by Crippen LogP contribution is -2.33. The molecule has 1 atom stereocenters. The van der Waals surface area contributed by atoms with Gasteiger partial charge in [-0.2, -0.15) is 0 Å². The van der Waals surface area contributed by atoms with Crippen molar-refractivity contribution in [1.82, 2.24) is 10.2 Å². The molecule has 1 saturated heterocycles. The Labute approximate surface area is 173 Å². The molecule has 2 aromatic carbocycles. The van der Waals surface area contributed by atoms with Crippen molar-refractivity contribution in [2.24, 2.45) is 5.92 Å². The molecule has 8 heteroatoms. The minimum atomic E-state index is -0.698. The van der Waals surface area contributed by atoms with Crippen LogP contribution in [-0.4, -0.2) is 44.0 Å². The molecule has 1 unspecified atom stereocenters. The molecule has 6 nitrogen and oxygen atoms in total. The highest BCUT2D eigenvalue weighted by Crippen LogP contribution is 2.28. The normalized spacial score (nSPS) is 15.9. The number of benzene rings is 2. The fraction of sp³-hybridized carbons (Fsp3) is 0.364. The van der Waals surface area contributed by atoms with Gasteiger partial charge in [0, 0.05) is 32.1 Å². The molecule has 2 amide bonds. The fourth-order valence-corrected chi connectivity index (χ4v) is 3.51. The maximum atomic E-state index is 13.3. The highest BCUT2D eigenvalue weighted by atomic mass is 19.1. The van der Waals surface area contributed by atoms with E-state index in [9.17, 15) is 18.4 Å². The second-order valence-electron chi connectivity index (χ2n) is 7.18. The van der Waals surface area contributed by atoms with Gasteiger partial charge in [0.25, 0.3) is 0 Å². The summed E-state index contributed by atoms with van der Waals surface area (Å²) in [4.78, 5) is 26.4.